The van der Waals surface area contributed by atoms with Crippen molar-refractivity contribution in [1.82, 2.24) is 4.90 Å². The molecule has 1 rings (SSSR count). The van der Waals surface area contributed by atoms with Crippen LogP contribution in [0.1, 0.15) is 13.8 Å². The molecule has 0 unspecified atom stereocenters. The lowest BCUT2D eigenvalue weighted by Gasteiger charge is -2.27. The van der Waals surface area contributed by atoms with Gasteiger partial charge in [-0.05, 0) is 19.9 Å². The standard InChI is InChI=1S/C11H18N2O/c1-10(2)4-5-12-11(3)13-6-8-14-9-7-13/h4-5H,1,6-9H2,2-3H3/b5-4-,12-11+. The van der Waals surface area contributed by atoms with E-state index in [1.807, 2.05) is 19.9 Å². The fourth-order valence-corrected chi connectivity index (χ4v) is 1.24. The first-order valence-corrected chi connectivity index (χ1v) is 4.89. The number of nitrogens with zero attached hydrogens (tertiary/aromatic N) is 2. The minimum absolute atomic E-state index is 0.803. The van der Waals surface area contributed by atoms with Crippen LogP contribution in [0.5, 0.6) is 0 Å². The Hall–Kier alpha value is -1.09. The van der Waals surface area contributed by atoms with E-state index in [4.69, 9.17) is 4.74 Å². The van der Waals surface area contributed by atoms with Crippen molar-refractivity contribution in [2.45, 2.75) is 13.8 Å². The Morgan fingerprint density at radius 1 is 1.36 bits per heavy atom. The highest BCUT2D eigenvalue weighted by Gasteiger charge is 2.10. The van der Waals surface area contributed by atoms with Gasteiger partial charge in [0.25, 0.3) is 0 Å². The number of aliphatic imine (C=N–C) groups is 1. The van der Waals surface area contributed by atoms with Gasteiger partial charge in [0.05, 0.1) is 13.2 Å². The molecule has 1 heterocycles. The molecule has 0 aromatic carbocycles. The van der Waals surface area contributed by atoms with Gasteiger partial charge in [0.2, 0.25) is 0 Å². The van der Waals surface area contributed by atoms with E-state index in [1.165, 1.54) is 0 Å². The van der Waals surface area contributed by atoms with Crippen LogP contribution in [0.2, 0.25) is 0 Å². The fourth-order valence-electron chi connectivity index (χ4n) is 1.24. The van der Waals surface area contributed by atoms with E-state index in [0.29, 0.717) is 0 Å². The molecular formula is C11H18N2O. The maximum atomic E-state index is 5.26. The number of morpholine rings is 1. The number of amidine groups is 1. The summed E-state index contributed by atoms with van der Waals surface area (Å²) in [5, 5.41) is 0. The Morgan fingerprint density at radius 2 is 2.00 bits per heavy atom. The van der Waals surface area contributed by atoms with Crippen molar-refractivity contribution in [3.05, 3.63) is 24.4 Å². The molecule has 1 aliphatic heterocycles. The zero-order valence-electron chi connectivity index (χ0n) is 8.99. The summed E-state index contributed by atoms with van der Waals surface area (Å²) in [6, 6.07) is 0. The molecule has 78 valence electrons. The van der Waals surface area contributed by atoms with E-state index < -0.39 is 0 Å². The van der Waals surface area contributed by atoms with Crippen molar-refractivity contribution in [2.24, 2.45) is 4.99 Å². The lowest BCUT2D eigenvalue weighted by atomic mass is 10.3. The van der Waals surface area contributed by atoms with Gasteiger partial charge in [-0.3, -0.25) is 0 Å². The molecule has 0 saturated carbocycles. The summed E-state index contributed by atoms with van der Waals surface area (Å²) in [4.78, 5) is 6.56. The third-order valence-electron chi connectivity index (χ3n) is 2.09. The van der Waals surface area contributed by atoms with Crippen molar-refractivity contribution in [3.8, 4) is 0 Å². The summed E-state index contributed by atoms with van der Waals surface area (Å²) in [5.41, 5.74) is 1.02. The maximum absolute atomic E-state index is 5.26. The number of hydrogen-bond acceptors (Lipinski definition) is 2. The molecule has 0 atom stereocenters. The van der Waals surface area contributed by atoms with Crippen molar-refractivity contribution in [3.63, 3.8) is 0 Å². The minimum atomic E-state index is 0.803. The monoisotopic (exact) mass is 194 g/mol. The largest absolute Gasteiger partial charge is 0.378 e. The van der Waals surface area contributed by atoms with E-state index in [1.54, 1.807) is 6.20 Å². The molecule has 0 spiro atoms. The lowest BCUT2D eigenvalue weighted by molar-refractivity contribution is 0.0678. The first-order chi connectivity index (χ1) is 6.70. The summed E-state index contributed by atoms with van der Waals surface area (Å²) in [5.74, 6) is 1.05. The van der Waals surface area contributed by atoms with Gasteiger partial charge in [-0.15, -0.1) is 0 Å². The molecule has 0 amide bonds. The Labute approximate surface area is 85.8 Å². The highest BCUT2D eigenvalue weighted by Crippen LogP contribution is 1.99. The number of allylic oxidation sites excluding steroid dienone is 2. The van der Waals surface area contributed by atoms with Gasteiger partial charge in [-0.2, -0.15) is 0 Å². The molecule has 1 aliphatic rings. The van der Waals surface area contributed by atoms with E-state index >= 15 is 0 Å². The second-order valence-electron chi connectivity index (χ2n) is 3.44. The quantitative estimate of drug-likeness (QED) is 0.380. The van der Waals surface area contributed by atoms with Crippen LogP contribution in [-0.4, -0.2) is 37.0 Å². The SMILES string of the molecule is C=C(C)/C=C\N=C(/C)N1CCOCC1. The van der Waals surface area contributed by atoms with Crippen LogP contribution in [0.25, 0.3) is 0 Å². The first kappa shape index (κ1) is 11.0. The smallest absolute Gasteiger partial charge is 0.101 e. The third-order valence-corrected chi connectivity index (χ3v) is 2.09. The zero-order chi connectivity index (χ0) is 10.4. The van der Waals surface area contributed by atoms with Gasteiger partial charge < -0.3 is 9.64 Å². The first-order valence-electron chi connectivity index (χ1n) is 4.89. The molecule has 0 radical (unpaired) electrons. The van der Waals surface area contributed by atoms with E-state index in [9.17, 15) is 0 Å². The van der Waals surface area contributed by atoms with Crippen LogP contribution in [0.15, 0.2) is 29.4 Å². The molecular weight excluding hydrogens is 176 g/mol. The number of hydrogen-bond donors (Lipinski definition) is 0. The summed E-state index contributed by atoms with van der Waals surface area (Å²) in [6.07, 6.45) is 3.71. The third kappa shape index (κ3) is 3.75. The average Bonchev–Trinajstić information content (AvgIpc) is 2.18. The molecule has 3 nitrogen and oxygen atoms in total. The number of ether oxygens (including phenoxy) is 1. The van der Waals surface area contributed by atoms with Crippen LogP contribution < -0.4 is 0 Å². The van der Waals surface area contributed by atoms with Gasteiger partial charge in [-0.1, -0.05) is 12.2 Å². The van der Waals surface area contributed by atoms with Crippen LogP contribution in [0.3, 0.4) is 0 Å². The van der Waals surface area contributed by atoms with Crippen molar-refractivity contribution in [2.75, 3.05) is 26.3 Å². The highest BCUT2D eigenvalue weighted by molar-refractivity contribution is 5.80. The van der Waals surface area contributed by atoms with Crippen molar-refractivity contribution in [1.29, 1.82) is 0 Å². The summed E-state index contributed by atoms with van der Waals surface area (Å²) in [7, 11) is 0. The topological polar surface area (TPSA) is 24.8 Å². The molecule has 14 heavy (non-hydrogen) atoms. The average molecular weight is 194 g/mol. The predicted octanol–water partition coefficient (Wildman–Crippen LogP) is 1.83. The molecule has 0 N–H and O–H groups in total. The molecule has 0 aromatic heterocycles. The van der Waals surface area contributed by atoms with Crippen molar-refractivity contribution >= 4 is 5.84 Å². The van der Waals surface area contributed by atoms with Gasteiger partial charge in [0.1, 0.15) is 5.84 Å². The zero-order valence-corrected chi connectivity index (χ0v) is 8.99. The van der Waals surface area contributed by atoms with Crippen molar-refractivity contribution < 1.29 is 4.74 Å². The molecule has 0 aliphatic carbocycles. The highest BCUT2D eigenvalue weighted by atomic mass is 16.5. The Morgan fingerprint density at radius 3 is 2.57 bits per heavy atom. The molecule has 0 bridgehead atoms. The fraction of sp³-hybridized carbons (Fsp3) is 0.545. The summed E-state index contributed by atoms with van der Waals surface area (Å²) in [6.45, 7) is 11.2. The van der Waals surface area contributed by atoms with E-state index in [2.05, 4.69) is 16.5 Å². The molecule has 0 aromatic rings. The van der Waals surface area contributed by atoms with Gasteiger partial charge in [0.15, 0.2) is 0 Å². The van der Waals surface area contributed by atoms with Crippen LogP contribution in [0, 0.1) is 0 Å². The van der Waals surface area contributed by atoms with Crippen LogP contribution in [-0.2, 0) is 4.74 Å². The van der Waals surface area contributed by atoms with Crippen LogP contribution in [0.4, 0.5) is 0 Å². The Kier molecular flexibility index (Phi) is 4.40. The van der Waals surface area contributed by atoms with Gasteiger partial charge in [0, 0.05) is 19.3 Å². The molecule has 3 heteroatoms. The van der Waals surface area contributed by atoms with Gasteiger partial charge in [-0.25, -0.2) is 4.99 Å². The predicted molar refractivity (Wildman–Crippen MR) is 59.5 cm³/mol. The van der Waals surface area contributed by atoms with E-state index in [-0.39, 0.29) is 0 Å². The van der Waals surface area contributed by atoms with E-state index in [0.717, 1.165) is 37.7 Å². The summed E-state index contributed by atoms with van der Waals surface area (Å²) >= 11 is 0. The Bertz CT molecular complexity index is 250. The minimum Gasteiger partial charge on any atom is -0.378 e. The van der Waals surface area contributed by atoms with Crippen LogP contribution >= 0.6 is 0 Å². The summed E-state index contributed by atoms with van der Waals surface area (Å²) < 4.78 is 5.26. The van der Waals surface area contributed by atoms with Gasteiger partial charge >= 0.3 is 0 Å². The normalized spacial score (nSPS) is 19.0. The Balaban J connectivity index is 2.45. The number of rotatable bonds is 2. The molecule has 1 saturated heterocycles. The lowest BCUT2D eigenvalue weighted by Crippen LogP contribution is -2.39. The second-order valence-corrected chi connectivity index (χ2v) is 3.44. The maximum Gasteiger partial charge on any atom is 0.101 e. The second kappa shape index (κ2) is 5.60. The molecule has 1 fully saturated rings.